The minimum atomic E-state index is -0.425. The summed E-state index contributed by atoms with van der Waals surface area (Å²) in [6.45, 7) is 1.43. The number of hydrogen-bond acceptors (Lipinski definition) is 4. The third-order valence-corrected chi connectivity index (χ3v) is 4.97. The molecule has 0 bridgehead atoms. The van der Waals surface area contributed by atoms with Crippen molar-refractivity contribution in [3.8, 4) is 11.3 Å². The van der Waals surface area contributed by atoms with E-state index in [1.807, 2.05) is 0 Å². The molecule has 3 aromatic rings. The van der Waals surface area contributed by atoms with Crippen LogP contribution in [0.1, 0.15) is 12.7 Å². The van der Waals surface area contributed by atoms with Gasteiger partial charge in [0.1, 0.15) is 11.5 Å². The Morgan fingerprint density at radius 1 is 0.968 bits per heavy atom. The third kappa shape index (κ3) is 6.42. The van der Waals surface area contributed by atoms with Crippen LogP contribution in [0.3, 0.4) is 0 Å². The maximum atomic E-state index is 12.1. The van der Waals surface area contributed by atoms with Gasteiger partial charge in [-0.2, -0.15) is 0 Å². The minimum Gasteiger partial charge on any atom is -0.457 e. The summed E-state index contributed by atoms with van der Waals surface area (Å²) in [6.07, 6.45) is 2.82. The van der Waals surface area contributed by atoms with Gasteiger partial charge in [0.2, 0.25) is 11.8 Å². The summed E-state index contributed by atoms with van der Waals surface area (Å²) in [5.74, 6) is 0.418. The van der Waals surface area contributed by atoms with Gasteiger partial charge < -0.3 is 15.1 Å². The van der Waals surface area contributed by atoms with Crippen molar-refractivity contribution >= 4 is 69.8 Å². The van der Waals surface area contributed by atoms with Crippen LogP contribution in [0.5, 0.6) is 0 Å². The second kappa shape index (κ2) is 10.3. The van der Waals surface area contributed by atoms with E-state index >= 15 is 0 Å². The summed E-state index contributed by atoms with van der Waals surface area (Å²) in [5.41, 5.74) is 1.98. The average molecular weight is 474 g/mol. The SMILES string of the molecule is CC(=O)Nc1ccc(NC(=S)NC(=O)C=Cc2ccc(-c3cccc(Cl)c3Cl)o2)cc1. The molecule has 0 aliphatic rings. The molecule has 9 heteroatoms. The van der Waals surface area contributed by atoms with E-state index in [-0.39, 0.29) is 11.0 Å². The van der Waals surface area contributed by atoms with E-state index in [0.29, 0.717) is 38.5 Å². The molecule has 0 unspecified atom stereocenters. The number of carbonyl (C=O) groups excluding carboxylic acids is 2. The lowest BCUT2D eigenvalue weighted by Crippen LogP contribution is -2.32. The second-order valence-corrected chi connectivity index (χ2v) is 7.53. The number of amides is 2. The first-order valence-electron chi connectivity index (χ1n) is 9.04. The molecule has 0 aliphatic carbocycles. The van der Waals surface area contributed by atoms with Gasteiger partial charge in [-0.15, -0.1) is 0 Å². The van der Waals surface area contributed by atoms with Crippen molar-refractivity contribution in [2.75, 3.05) is 10.6 Å². The number of furan rings is 1. The zero-order valence-electron chi connectivity index (χ0n) is 16.2. The van der Waals surface area contributed by atoms with Crippen LogP contribution in [0.2, 0.25) is 10.0 Å². The number of thiocarbonyl (C=S) groups is 1. The number of rotatable bonds is 5. The molecule has 0 spiro atoms. The Morgan fingerprint density at radius 2 is 1.65 bits per heavy atom. The first-order valence-corrected chi connectivity index (χ1v) is 10.2. The molecule has 2 amide bonds. The van der Waals surface area contributed by atoms with Crippen molar-refractivity contribution in [3.63, 3.8) is 0 Å². The van der Waals surface area contributed by atoms with Crippen LogP contribution in [0.15, 0.2) is 65.1 Å². The highest BCUT2D eigenvalue weighted by atomic mass is 35.5. The van der Waals surface area contributed by atoms with Crippen molar-refractivity contribution in [2.24, 2.45) is 0 Å². The molecule has 3 N–H and O–H groups in total. The molecular formula is C22H17Cl2N3O3S. The Hall–Kier alpha value is -3.13. The Labute approximate surface area is 194 Å². The molecule has 1 heterocycles. The van der Waals surface area contributed by atoms with E-state index in [9.17, 15) is 9.59 Å². The molecule has 6 nitrogen and oxygen atoms in total. The fourth-order valence-corrected chi connectivity index (χ4v) is 3.21. The molecule has 31 heavy (non-hydrogen) atoms. The van der Waals surface area contributed by atoms with Gasteiger partial charge in [0.25, 0.3) is 0 Å². The number of benzene rings is 2. The lowest BCUT2D eigenvalue weighted by Gasteiger charge is -2.09. The normalized spacial score (nSPS) is 10.7. The van der Waals surface area contributed by atoms with Gasteiger partial charge in [0.05, 0.1) is 10.0 Å². The quantitative estimate of drug-likeness (QED) is 0.325. The van der Waals surface area contributed by atoms with Gasteiger partial charge in [0, 0.05) is 29.9 Å². The average Bonchev–Trinajstić information content (AvgIpc) is 3.18. The monoisotopic (exact) mass is 473 g/mol. The predicted molar refractivity (Wildman–Crippen MR) is 128 cm³/mol. The first-order chi connectivity index (χ1) is 14.8. The van der Waals surface area contributed by atoms with E-state index < -0.39 is 5.91 Å². The van der Waals surface area contributed by atoms with Gasteiger partial charge in [-0.05, 0) is 66.8 Å². The zero-order chi connectivity index (χ0) is 22.4. The summed E-state index contributed by atoms with van der Waals surface area (Å²) in [6, 6.07) is 15.6. The third-order valence-electron chi connectivity index (χ3n) is 3.94. The molecular weight excluding hydrogens is 457 g/mol. The summed E-state index contributed by atoms with van der Waals surface area (Å²) in [5, 5.41) is 9.06. The van der Waals surface area contributed by atoms with Crippen LogP contribution < -0.4 is 16.0 Å². The highest BCUT2D eigenvalue weighted by Gasteiger charge is 2.10. The van der Waals surface area contributed by atoms with Crippen molar-refractivity contribution in [3.05, 3.63) is 76.5 Å². The summed E-state index contributed by atoms with van der Waals surface area (Å²) in [7, 11) is 0. The van der Waals surface area contributed by atoms with Crippen molar-refractivity contribution in [1.82, 2.24) is 5.32 Å². The number of anilines is 2. The van der Waals surface area contributed by atoms with Crippen LogP contribution in [0.25, 0.3) is 17.4 Å². The predicted octanol–water partition coefficient (Wildman–Crippen LogP) is 5.74. The zero-order valence-corrected chi connectivity index (χ0v) is 18.6. The Morgan fingerprint density at radius 3 is 2.32 bits per heavy atom. The van der Waals surface area contributed by atoms with Gasteiger partial charge in [-0.25, -0.2) is 0 Å². The molecule has 0 saturated heterocycles. The smallest absolute Gasteiger partial charge is 0.250 e. The van der Waals surface area contributed by atoms with Crippen LogP contribution in [0.4, 0.5) is 11.4 Å². The van der Waals surface area contributed by atoms with E-state index in [4.69, 9.17) is 39.8 Å². The van der Waals surface area contributed by atoms with E-state index in [2.05, 4.69) is 16.0 Å². The molecule has 158 valence electrons. The molecule has 2 aromatic carbocycles. The second-order valence-electron chi connectivity index (χ2n) is 6.34. The molecule has 3 rings (SSSR count). The van der Waals surface area contributed by atoms with Crippen LogP contribution in [-0.4, -0.2) is 16.9 Å². The molecule has 1 aromatic heterocycles. The van der Waals surface area contributed by atoms with Crippen molar-refractivity contribution < 1.29 is 14.0 Å². The highest BCUT2D eigenvalue weighted by Crippen LogP contribution is 2.34. The van der Waals surface area contributed by atoms with Crippen molar-refractivity contribution in [2.45, 2.75) is 6.92 Å². The highest BCUT2D eigenvalue weighted by molar-refractivity contribution is 7.80. The van der Waals surface area contributed by atoms with Gasteiger partial charge in [0.15, 0.2) is 5.11 Å². The van der Waals surface area contributed by atoms with E-state index in [0.717, 1.165) is 0 Å². The number of hydrogen-bond donors (Lipinski definition) is 3. The Balaban J connectivity index is 1.56. The van der Waals surface area contributed by atoms with Crippen LogP contribution in [-0.2, 0) is 9.59 Å². The van der Waals surface area contributed by atoms with Gasteiger partial charge in [-0.1, -0.05) is 29.3 Å². The lowest BCUT2D eigenvalue weighted by atomic mass is 10.2. The summed E-state index contributed by atoms with van der Waals surface area (Å²) in [4.78, 5) is 23.2. The van der Waals surface area contributed by atoms with Crippen LogP contribution >= 0.6 is 35.4 Å². The first kappa shape index (κ1) is 22.6. The molecule has 0 radical (unpaired) electrons. The topological polar surface area (TPSA) is 83.4 Å². The minimum absolute atomic E-state index is 0.132. The number of nitrogens with one attached hydrogen (secondary N) is 3. The van der Waals surface area contributed by atoms with Gasteiger partial charge >= 0.3 is 0 Å². The largest absolute Gasteiger partial charge is 0.457 e. The molecule has 0 saturated carbocycles. The lowest BCUT2D eigenvalue weighted by molar-refractivity contribution is -0.115. The maximum Gasteiger partial charge on any atom is 0.250 e. The molecule has 0 fully saturated rings. The number of carbonyl (C=O) groups is 2. The maximum absolute atomic E-state index is 12.1. The van der Waals surface area contributed by atoms with E-state index in [1.54, 1.807) is 54.6 Å². The summed E-state index contributed by atoms with van der Waals surface area (Å²) >= 11 is 17.4. The standard InChI is InChI=1S/C22H17Cl2N3O3S/c1-13(28)25-14-5-7-15(8-6-14)26-22(31)27-20(29)12-10-16-9-11-19(30-16)17-3-2-4-18(23)21(17)24/h2-12H,1H3,(H,25,28)(H2,26,27,29,31). The van der Waals surface area contributed by atoms with Crippen LogP contribution in [0, 0.1) is 0 Å². The van der Waals surface area contributed by atoms with E-state index in [1.165, 1.54) is 19.1 Å². The Kier molecular flexibility index (Phi) is 7.46. The summed E-state index contributed by atoms with van der Waals surface area (Å²) < 4.78 is 5.71. The Bertz CT molecular complexity index is 1160. The number of halogens is 2. The fraction of sp³-hybridized carbons (Fsp3) is 0.0455. The van der Waals surface area contributed by atoms with Gasteiger partial charge in [-0.3, -0.25) is 14.9 Å². The fourth-order valence-electron chi connectivity index (χ4n) is 2.60. The molecule has 0 aliphatic heterocycles. The molecule has 0 atom stereocenters. The van der Waals surface area contributed by atoms with Crippen molar-refractivity contribution in [1.29, 1.82) is 0 Å².